The molecule has 0 aromatic heterocycles. The second-order valence-electron chi connectivity index (χ2n) is 5.11. The third-order valence-corrected chi connectivity index (χ3v) is 3.73. The SMILES string of the molecule is CCCCCCOC(=O)C1(C)CCCC1N. The first-order valence-electron chi connectivity index (χ1n) is 6.54. The van der Waals surface area contributed by atoms with Crippen LogP contribution in [0.1, 0.15) is 58.8 Å². The van der Waals surface area contributed by atoms with Crippen LogP contribution in [0.15, 0.2) is 0 Å². The van der Waals surface area contributed by atoms with Crippen molar-refractivity contribution in [3.8, 4) is 0 Å². The maximum atomic E-state index is 11.9. The Morgan fingerprint density at radius 2 is 2.19 bits per heavy atom. The van der Waals surface area contributed by atoms with E-state index in [1.807, 2.05) is 6.92 Å². The Hall–Kier alpha value is -0.570. The Morgan fingerprint density at radius 1 is 1.44 bits per heavy atom. The summed E-state index contributed by atoms with van der Waals surface area (Å²) in [6.07, 6.45) is 7.41. The van der Waals surface area contributed by atoms with Gasteiger partial charge in [0.25, 0.3) is 0 Å². The number of carbonyl (C=O) groups is 1. The van der Waals surface area contributed by atoms with Crippen LogP contribution in [-0.2, 0) is 9.53 Å². The third-order valence-electron chi connectivity index (χ3n) is 3.73. The average Bonchev–Trinajstić information content (AvgIpc) is 2.60. The van der Waals surface area contributed by atoms with Gasteiger partial charge in [-0.1, -0.05) is 32.6 Å². The van der Waals surface area contributed by atoms with Gasteiger partial charge in [-0.2, -0.15) is 0 Å². The smallest absolute Gasteiger partial charge is 0.313 e. The van der Waals surface area contributed by atoms with E-state index in [1.165, 1.54) is 12.8 Å². The Morgan fingerprint density at radius 3 is 2.75 bits per heavy atom. The van der Waals surface area contributed by atoms with Gasteiger partial charge in [0.1, 0.15) is 0 Å². The summed E-state index contributed by atoms with van der Waals surface area (Å²) in [4.78, 5) is 11.9. The summed E-state index contributed by atoms with van der Waals surface area (Å²) in [5, 5.41) is 0. The molecular formula is C13H25NO2. The highest BCUT2D eigenvalue weighted by molar-refractivity contribution is 5.77. The summed E-state index contributed by atoms with van der Waals surface area (Å²) >= 11 is 0. The number of ether oxygens (including phenoxy) is 1. The van der Waals surface area contributed by atoms with Gasteiger partial charge in [-0.15, -0.1) is 0 Å². The summed E-state index contributed by atoms with van der Waals surface area (Å²) in [5.74, 6) is -0.0889. The number of rotatable bonds is 6. The zero-order valence-corrected chi connectivity index (χ0v) is 10.6. The molecule has 2 N–H and O–H groups in total. The maximum absolute atomic E-state index is 11.9. The maximum Gasteiger partial charge on any atom is 0.313 e. The predicted molar refractivity (Wildman–Crippen MR) is 65.0 cm³/mol. The minimum Gasteiger partial charge on any atom is -0.465 e. The summed E-state index contributed by atoms with van der Waals surface area (Å²) in [5.41, 5.74) is 5.54. The van der Waals surface area contributed by atoms with Crippen molar-refractivity contribution in [1.82, 2.24) is 0 Å². The molecule has 0 aromatic rings. The molecule has 0 aliphatic heterocycles. The van der Waals surface area contributed by atoms with Crippen molar-refractivity contribution in [1.29, 1.82) is 0 Å². The van der Waals surface area contributed by atoms with Crippen molar-refractivity contribution in [2.24, 2.45) is 11.1 Å². The molecule has 1 rings (SSSR count). The molecule has 2 atom stereocenters. The Bertz CT molecular complexity index is 230. The largest absolute Gasteiger partial charge is 0.465 e. The minimum absolute atomic E-state index is 0.0179. The molecule has 0 bridgehead atoms. The monoisotopic (exact) mass is 227 g/mol. The molecule has 94 valence electrons. The van der Waals surface area contributed by atoms with Crippen molar-refractivity contribution in [2.75, 3.05) is 6.61 Å². The number of unbranched alkanes of at least 4 members (excludes halogenated alkanes) is 3. The van der Waals surface area contributed by atoms with Gasteiger partial charge in [-0.3, -0.25) is 4.79 Å². The fourth-order valence-electron chi connectivity index (χ4n) is 2.31. The van der Waals surface area contributed by atoms with E-state index >= 15 is 0 Å². The molecule has 0 spiro atoms. The van der Waals surface area contributed by atoms with Gasteiger partial charge in [-0.05, 0) is 26.2 Å². The van der Waals surface area contributed by atoms with Crippen molar-refractivity contribution in [3.05, 3.63) is 0 Å². The predicted octanol–water partition coefficient (Wildman–Crippen LogP) is 2.63. The number of nitrogens with two attached hydrogens (primary N) is 1. The van der Waals surface area contributed by atoms with Crippen molar-refractivity contribution < 1.29 is 9.53 Å². The normalized spacial score (nSPS) is 29.3. The summed E-state index contributed by atoms with van der Waals surface area (Å²) < 4.78 is 5.33. The average molecular weight is 227 g/mol. The van der Waals surface area contributed by atoms with E-state index in [9.17, 15) is 4.79 Å². The van der Waals surface area contributed by atoms with E-state index in [4.69, 9.17) is 10.5 Å². The molecule has 1 fully saturated rings. The first kappa shape index (κ1) is 13.5. The first-order chi connectivity index (χ1) is 7.61. The number of carbonyl (C=O) groups excluding carboxylic acids is 1. The Kier molecular flexibility index (Phi) is 5.26. The van der Waals surface area contributed by atoms with E-state index in [2.05, 4.69) is 6.92 Å². The third kappa shape index (κ3) is 3.21. The zero-order valence-electron chi connectivity index (χ0n) is 10.6. The van der Waals surface area contributed by atoms with Crippen LogP contribution >= 0.6 is 0 Å². The van der Waals surface area contributed by atoms with Gasteiger partial charge in [0, 0.05) is 6.04 Å². The zero-order chi connectivity index (χ0) is 12.0. The topological polar surface area (TPSA) is 52.3 Å². The van der Waals surface area contributed by atoms with Crippen LogP contribution in [0.2, 0.25) is 0 Å². The minimum atomic E-state index is -0.426. The van der Waals surface area contributed by atoms with Crippen molar-refractivity contribution >= 4 is 5.97 Å². The molecular weight excluding hydrogens is 202 g/mol. The van der Waals surface area contributed by atoms with Gasteiger partial charge in [-0.25, -0.2) is 0 Å². The van der Waals surface area contributed by atoms with E-state index in [0.29, 0.717) is 6.61 Å². The van der Waals surface area contributed by atoms with Gasteiger partial charge < -0.3 is 10.5 Å². The van der Waals surface area contributed by atoms with Gasteiger partial charge in [0.05, 0.1) is 12.0 Å². The van der Waals surface area contributed by atoms with Crippen LogP contribution in [-0.4, -0.2) is 18.6 Å². The van der Waals surface area contributed by atoms with Crippen LogP contribution in [0.5, 0.6) is 0 Å². The lowest BCUT2D eigenvalue weighted by molar-refractivity contribution is -0.155. The molecule has 3 nitrogen and oxygen atoms in total. The Balaban J connectivity index is 2.24. The molecule has 0 radical (unpaired) electrons. The number of hydrogen-bond acceptors (Lipinski definition) is 3. The molecule has 0 amide bonds. The fourth-order valence-corrected chi connectivity index (χ4v) is 2.31. The fraction of sp³-hybridized carbons (Fsp3) is 0.923. The highest BCUT2D eigenvalue weighted by Crippen LogP contribution is 2.37. The highest BCUT2D eigenvalue weighted by atomic mass is 16.5. The van der Waals surface area contributed by atoms with Crippen LogP contribution in [0.25, 0.3) is 0 Å². The summed E-state index contributed by atoms with van der Waals surface area (Å²) in [7, 11) is 0. The lowest BCUT2D eigenvalue weighted by Crippen LogP contribution is -2.42. The molecule has 2 unspecified atom stereocenters. The molecule has 0 heterocycles. The van der Waals surface area contributed by atoms with Crippen LogP contribution in [0.4, 0.5) is 0 Å². The van der Waals surface area contributed by atoms with Crippen molar-refractivity contribution in [3.63, 3.8) is 0 Å². The standard InChI is InChI=1S/C13H25NO2/c1-3-4-5-6-10-16-12(15)13(2)9-7-8-11(13)14/h11H,3-10,14H2,1-2H3. The molecule has 1 saturated carbocycles. The summed E-state index contributed by atoms with van der Waals surface area (Å²) in [6, 6.07) is -0.0179. The van der Waals surface area contributed by atoms with E-state index in [1.54, 1.807) is 0 Å². The van der Waals surface area contributed by atoms with Crippen LogP contribution < -0.4 is 5.73 Å². The molecule has 1 aliphatic carbocycles. The van der Waals surface area contributed by atoms with Gasteiger partial charge >= 0.3 is 5.97 Å². The number of hydrogen-bond donors (Lipinski definition) is 1. The van der Waals surface area contributed by atoms with Crippen LogP contribution in [0.3, 0.4) is 0 Å². The molecule has 1 aliphatic rings. The first-order valence-corrected chi connectivity index (χ1v) is 6.54. The highest BCUT2D eigenvalue weighted by Gasteiger charge is 2.44. The van der Waals surface area contributed by atoms with E-state index in [-0.39, 0.29) is 12.0 Å². The number of esters is 1. The second-order valence-corrected chi connectivity index (χ2v) is 5.11. The second kappa shape index (κ2) is 6.24. The Labute approximate surface area is 98.7 Å². The summed E-state index contributed by atoms with van der Waals surface area (Å²) in [6.45, 7) is 4.67. The van der Waals surface area contributed by atoms with Crippen molar-refractivity contribution in [2.45, 2.75) is 64.8 Å². The lowest BCUT2D eigenvalue weighted by atomic mass is 9.85. The quantitative estimate of drug-likeness (QED) is 0.560. The van der Waals surface area contributed by atoms with Crippen LogP contribution in [0, 0.1) is 5.41 Å². The molecule has 0 aromatic carbocycles. The van der Waals surface area contributed by atoms with E-state index < -0.39 is 5.41 Å². The van der Waals surface area contributed by atoms with E-state index in [0.717, 1.165) is 32.1 Å². The molecule has 0 saturated heterocycles. The molecule has 16 heavy (non-hydrogen) atoms. The molecule has 3 heteroatoms. The van der Waals surface area contributed by atoms with Gasteiger partial charge in [0.15, 0.2) is 0 Å². The van der Waals surface area contributed by atoms with Gasteiger partial charge in [0.2, 0.25) is 0 Å². The lowest BCUT2D eigenvalue weighted by Gasteiger charge is -2.26.